The van der Waals surface area contributed by atoms with Crippen molar-refractivity contribution in [3.8, 4) is 17.2 Å². The van der Waals surface area contributed by atoms with Crippen LogP contribution in [0.2, 0.25) is 0 Å². The summed E-state index contributed by atoms with van der Waals surface area (Å²) in [7, 11) is 0. The number of fused-ring (bicyclic) bond motifs is 1. The molecule has 0 aliphatic carbocycles. The topological polar surface area (TPSA) is 73.1 Å². The monoisotopic (exact) mass is 381 g/mol. The minimum Gasteiger partial charge on any atom is -0.395 e. The number of carbonyl (C=O) groups is 2. The van der Waals surface area contributed by atoms with E-state index in [0.29, 0.717) is 29.9 Å². The third-order valence-electron chi connectivity index (χ3n) is 4.02. The molecule has 0 unspecified atom stereocenters. The van der Waals surface area contributed by atoms with Crippen LogP contribution in [-0.4, -0.2) is 41.2 Å². The molecule has 0 spiro atoms. The first-order valence-electron chi connectivity index (χ1n) is 7.87. The van der Waals surface area contributed by atoms with Crippen molar-refractivity contribution in [1.82, 2.24) is 9.47 Å². The number of benzene rings is 1. The number of likely N-dealkylation sites (tertiary alicyclic amines) is 1. The quantitative estimate of drug-likeness (QED) is 0.750. The van der Waals surface area contributed by atoms with Crippen molar-refractivity contribution >= 4 is 23.7 Å². The van der Waals surface area contributed by atoms with Crippen LogP contribution in [0, 0.1) is 0 Å². The molecule has 1 fully saturated rings. The number of thiazole rings is 1. The average molecular weight is 381 g/mol. The molecule has 2 aromatic rings. The number of halogens is 2. The maximum atomic E-state index is 13.2. The number of hydrogen-bond donors (Lipinski definition) is 0. The summed E-state index contributed by atoms with van der Waals surface area (Å²) in [4.78, 5) is 29.8. The van der Waals surface area contributed by atoms with E-state index in [1.54, 1.807) is 4.90 Å². The Balaban J connectivity index is 1.74. The third kappa shape index (κ3) is 3.07. The smallest absolute Gasteiger partial charge is 0.395 e. The van der Waals surface area contributed by atoms with Gasteiger partial charge in [0.2, 0.25) is 0 Å². The molecule has 0 N–H and O–H groups in total. The molecule has 0 radical (unpaired) electrons. The van der Waals surface area contributed by atoms with Crippen molar-refractivity contribution in [3.05, 3.63) is 34.1 Å². The van der Waals surface area contributed by atoms with Gasteiger partial charge in [-0.2, -0.15) is 4.99 Å². The van der Waals surface area contributed by atoms with Gasteiger partial charge in [0.1, 0.15) is 0 Å². The third-order valence-corrected chi connectivity index (χ3v) is 4.93. The van der Waals surface area contributed by atoms with Crippen molar-refractivity contribution < 1.29 is 27.8 Å². The predicted octanol–water partition coefficient (Wildman–Crippen LogP) is 2.79. The van der Waals surface area contributed by atoms with E-state index in [9.17, 15) is 18.4 Å². The van der Waals surface area contributed by atoms with E-state index in [-0.39, 0.29) is 22.3 Å². The molecule has 7 nitrogen and oxygen atoms in total. The Labute approximate surface area is 150 Å². The number of carbonyl (C=O) groups excluding carboxylic acids is 2. The first-order valence-corrected chi connectivity index (χ1v) is 8.68. The fraction of sp³-hybridized carbons (Fsp3) is 0.312. The number of aromatic nitrogens is 1. The molecule has 2 aliphatic heterocycles. The number of ether oxygens (including phenoxy) is 2. The zero-order chi connectivity index (χ0) is 18.3. The second-order valence-electron chi connectivity index (χ2n) is 5.79. The summed E-state index contributed by atoms with van der Waals surface area (Å²) < 4.78 is 36.7. The van der Waals surface area contributed by atoms with Gasteiger partial charge in [-0.15, -0.1) is 8.78 Å². The van der Waals surface area contributed by atoms with E-state index >= 15 is 0 Å². The lowest BCUT2D eigenvalue weighted by atomic mass is 10.3. The van der Waals surface area contributed by atoms with Gasteiger partial charge in [-0.05, 0) is 25.0 Å². The standard InChI is InChI=1S/C16H13F2N3O4S/c17-16(18)24-12-4-3-10(7-13(12)25-16)21-8-11(9-22)26-15(21)19-14(23)20-5-1-2-6-20/h3-4,7-9H,1-2,5-6H2. The van der Waals surface area contributed by atoms with Crippen molar-refractivity contribution in [2.45, 2.75) is 19.1 Å². The van der Waals surface area contributed by atoms with Gasteiger partial charge < -0.3 is 14.4 Å². The van der Waals surface area contributed by atoms with Crippen LogP contribution in [0.25, 0.3) is 5.69 Å². The van der Waals surface area contributed by atoms with E-state index in [2.05, 4.69) is 14.5 Å². The van der Waals surface area contributed by atoms with Gasteiger partial charge in [0.15, 0.2) is 22.6 Å². The van der Waals surface area contributed by atoms with E-state index in [1.807, 2.05) is 0 Å². The van der Waals surface area contributed by atoms with Crippen molar-refractivity contribution in [3.63, 3.8) is 0 Å². The summed E-state index contributed by atoms with van der Waals surface area (Å²) >= 11 is 1.04. The fourth-order valence-electron chi connectivity index (χ4n) is 2.83. The lowest BCUT2D eigenvalue weighted by Gasteiger charge is -2.10. The molecule has 10 heteroatoms. The summed E-state index contributed by atoms with van der Waals surface area (Å²) in [5.41, 5.74) is 0.419. The SMILES string of the molecule is O=Cc1cn(-c2ccc3c(c2)OC(F)(F)O3)c(=NC(=O)N2CCCC2)s1. The Morgan fingerprint density at radius 1 is 1.23 bits per heavy atom. The Bertz CT molecular complexity index is 947. The maximum absolute atomic E-state index is 13.2. The Morgan fingerprint density at radius 2 is 1.96 bits per heavy atom. The first kappa shape index (κ1) is 16.7. The zero-order valence-electron chi connectivity index (χ0n) is 13.4. The molecule has 0 bridgehead atoms. The van der Waals surface area contributed by atoms with Gasteiger partial charge in [0.25, 0.3) is 0 Å². The molecule has 4 rings (SSSR count). The number of aldehydes is 1. The summed E-state index contributed by atoms with van der Waals surface area (Å²) in [6.07, 6.45) is 0.279. The number of hydrogen-bond acceptors (Lipinski definition) is 5. The van der Waals surface area contributed by atoms with Gasteiger partial charge in [-0.3, -0.25) is 9.36 Å². The van der Waals surface area contributed by atoms with E-state index < -0.39 is 6.29 Å². The molecule has 0 saturated carbocycles. The highest BCUT2D eigenvalue weighted by molar-refractivity contribution is 7.11. The van der Waals surface area contributed by atoms with Gasteiger partial charge >= 0.3 is 12.3 Å². The Kier molecular flexibility index (Phi) is 3.98. The molecule has 0 atom stereocenters. The van der Waals surface area contributed by atoms with Crippen LogP contribution in [0.5, 0.6) is 11.5 Å². The molecule has 1 aromatic carbocycles. The van der Waals surface area contributed by atoms with Gasteiger partial charge in [-0.25, -0.2) is 4.79 Å². The lowest BCUT2D eigenvalue weighted by molar-refractivity contribution is -0.286. The lowest BCUT2D eigenvalue weighted by Crippen LogP contribution is -2.27. The van der Waals surface area contributed by atoms with E-state index in [4.69, 9.17) is 0 Å². The Hall–Kier alpha value is -2.75. The van der Waals surface area contributed by atoms with Gasteiger partial charge in [-0.1, -0.05) is 11.3 Å². The van der Waals surface area contributed by atoms with Crippen molar-refractivity contribution in [2.24, 2.45) is 4.99 Å². The zero-order valence-corrected chi connectivity index (χ0v) is 14.2. The van der Waals surface area contributed by atoms with E-state index in [1.165, 1.54) is 29.0 Å². The van der Waals surface area contributed by atoms with Crippen LogP contribution in [0.4, 0.5) is 13.6 Å². The highest BCUT2D eigenvalue weighted by atomic mass is 32.1. The molecule has 3 heterocycles. The maximum Gasteiger partial charge on any atom is 0.586 e. The predicted molar refractivity (Wildman–Crippen MR) is 87.0 cm³/mol. The molecule has 26 heavy (non-hydrogen) atoms. The number of alkyl halides is 2. The fourth-order valence-corrected chi connectivity index (χ4v) is 3.63. The molecule has 2 aliphatic rings. The summed E-state index contributed by atoms with van der Waals surface area (Å²) in [6.45, 7) is 1.29. The van der Waals surface area contributed by atoms with Crippen LogP contribution >= 0.6 is 11.3 Å². The van der Waals surface area contributed by atoms with Crippen LogP contribution in [0.1, 0.15) is 22.5 Å². The largest absolute Gasteiger partial charge is 0.586 e. The highest BCUT2D eigenvalue weighted by Gasteiger charge is 2.43. The van der Waals surface area contributed by atoms with Crippen LogP contribution in [0.15, 0.2) is 29.4 Å². The minimum atomic E-state index is -3.72. The van der Waals surface area contributed by atoms with Crippen molar-refractivity contribution in [2.75, 3.05) is 13.1 Å². The second-order valence-corrected chi connectivity index (χ2v) is 6.83. The molecule has 136 valence electrons. The van der Waals surface area contributed by atoms with Crippen LogP contribution in [-0.2, 0) is 0 Å². The highest BCUT2D eigenvalue weighted by Crippen LogP contribution is 2.41. The Morgan fingerprint density at radius 3 is 2.69 bits per heavy atom. The average Bonchev–Trinajstić information content (AvgIpc) is 3.30. The van der Waals surface area contributed by atoms with Crippen LogP contribution < -0.4 is 14.3 Å². The minimum absolute atomic E-state index is 0.0863. The molecule has 1 saturated heterocycles. The van der Waals surface area contributed by atoms with Gasteiger partial charge in [0.05, 0.1) is 10.6 Å². The van der Waals surface area contributed by atoms with Crippen molar-refractivity contribution in [1.29, 1.82) is 0 Å². The summed E-state index contributed by atoms with van der Waals surface area (Å²) in [5.74, 6) is -0.215. The number of amides is 2. The van der Waals surface area contributed by atoms with Gasteiger partial charge in [0, 0.05) is 25.4 Å². The summed E-state index contributed by atoms with van der Waals surface area (Å²) in [6, 6.07) is 3.81. The molecular weight excluding hydrogens is 368 g/mol. The first-order chi connectivity index (χ1) is 12.4. The molecule has 1 aromatic heterocycles. The normalized spacial score (nSPS) is 18.4. The number of nitrogens with zero attached hydrogens (tertiary/aromatic N) is 3. The molecular formula is C16H13F2N3O4S. The number of rotatable bonds is 2. The van der Waals surface area contributed by atoms with E-state index in [0.717, 1.165) is 24.2 Å². The molecule has 2 amide bonds. The summed E-state index contributed by atoms with van der Waals surface area (Å²) in [5, 5.41) is 0. The van der Waals surface area contributed by atoms with Crippen LogP contribution in [0.3, 0.4) is 0 Å². The second kappa shape index (κ2) is 6.20. The number of urea groups is 1.